The van der Waals surface area contributed by atoms with E-state index in [-0.39, 0.29) is 0 Å². The highest BCUT2D eigenvalue weighted by Gasteiger charge is 2.35. The summed E-state index contributed by atoms with van der Waals surface area (Å²) < 4.78 is 0. The van der Waals surface area contributed by atoms with Crippen molar-refractivity contribution in [2.24, 2.45) is 5.92 Å². The molecule has 1 unspecified atom stereocenters. The van der Waals surface area contributed by atoms with E-state index in [1.165, 1.54) is 5.56 Å². The van der Waals surface area contributed by atoms with Gasteiger partial charge in [0, 0.05) is 44.0 Å². The lowest BCUT2D eigenvalue weighted by Gasteiger charge is -2.37. The van der Waals surface area contributed by atoms with E-state index in [0.717, 1.165) is 50.8 Å². The Morgan fingerprint density at radius 1 is 1.14 bits per heavy atom. The van der Waals surface area contributed by atoms with Crippen molar-refractivity contribution in [3.8, 4) is 0 Å². The van der Waals surface area contributed by atoms with Gasteiger partial charge in [0.05, 0.1) is 0 Å². The van der Waals surface area contributed by atoms with E-state index in [1.54, 1.807) is 0 Å². The number of likely N-dealkylation sites (tertiary alicyclic amines) is 2. The Hall–Kier alpha value is -0.870. The molecule has 0 spiro atoms. The molecule has 0 aromatic heterocycles. The molecule has 4 heteroatoms. The van der Waals surface area contributed by atoms with Crippen LogP contribution in [0.5, 0.6) is 0 Å². The molecule has 0 N–H and O–H groups in total. The second-order valence-electron chi connectivity index (χ2n) is 6.26. The van der Waals surface area contributed by atoms with Gasteiger partial charge in [0.1, 0.15) is 0 Å². The molecule has 114 valence electrons. The van der Waals surface area contributed by atoms with Gasteiger partial charge in [-0.2, -0.15) is 0 Å². The zero-order valence-electron chi connectivity index (χ0n) is 12.4. The fraction of sp³-hybridized carbons (Fsp3) is 0.588. The lowest BCUT2D eigenvalue weighted by atomic mass is 10.0. The van der Waals surface area contributed by atoms with Gasteiger partial charge in [-0.15, -0.1) is 0 Å². The zero-order chi connectivity index (χ0) is 14.7. The zero-order valence-corrected chi connectivity index (χ0v) is 14.0. The molecule has 0 aliphatic carbocycles. The van der Waals surface area contributed by atoms with Crippen LogP contribution in [0.3, 0.4) is 0 Å². The number of carbonyl (C=O) groups excluding carboxylic acids is 1. The smallest absolute Gasteiger partial charge is 0.223 e. The number of piperidine rings is 1. The summed E-state index contributed by atoms with van der Waals surface area (Å²) in [4.78, 5) is 16.8. The molecule has 1 aromatic rings. The van der Waals surface area contributed by atoms with Crippen LogP contribution >= 0.6 is 15.9 Å². The number of halogens is 1. The highest BCUT2D eigenvalue weighted by molar-refractivity contribution is 9.09. The molecule has 2 heterocycles. The standard InChI is InChI=1S/C17H23BrN2O/c18-11-15-10-17(21)20(13-15)16-6-8-19(9-7-16)12-14-4-2-1-3-5-14/h1-5,15-16H,6-13H2. The lowest BCUT2D eigenvalue weighted by Crippen LogP contribution is -2.45. The van der Waals surface area contributed by atoms with Gasteiger partial charge in [0.15, 0.2) is 0 Å². The van der Waals surface area contributed by atoms with Crippen LogP contribution in [-0.4, -0.2) is 46.7 Å². The normalized spacial score (nSPS) is 24.7. The van der Waals surface area contributed by atoms with Crippen molar-refractivity contribution in [1.82, 2.24) is 9.80 Å². The molecule has 2 aliphatic rings. The summed E-state index contributed by atoms with van der Waals surface area (Å²) in [5.41, 5.74) is 1.38. The number of rotatable bonds is 4. The minimum Gasteiger partial charge on any atom is -0.339 e. The minimum atomic E-state index is 0.362. The van der Waals surface area contributed by atoms with Crippen molar-refractivity contribution in [1.29, 1.82) is 0 Å². The number of alkyl halides is 1. The first-order chi connectivity index (χ1) is 10.3. The SMILES string of the molecule is O=C1CC(CBr)CN1C1CCN(Cc2ccccc2)CC1. The van der Waals surface area contributed by atoms with Crippen LogP contribution in [0.2, 0.25) is 0 Å². The second-order valence-corrected chi connectivity index (χ2v) is 6.91. The number of carbonyl (C=O) groups is 1. The summed E-state index contributed by atoms with van der Waals surface area (Å²) in [6.45, 7) is 4.18. The molecule has 1 atom stereocenters. The third-order valence-electron chi connectivity index (χ3n) is 4.70. The topological polar surface area (TPSA) is 23.6 Å². The van der Waals surface area contributed by atoms with E-state index in [0.29, 0.717) is 17.9 Å². The minimum absolute atomic E-state index is 0.362. The van der Waals surface area contributed by atoms with Gasteiger partial charge in [0.25, 0.3) is 0 Å². The van der Waals surface area contributed by atoms with Crippen LogP contribution in [0.1, 0.15) is 24.8 Å². The quantitative estimate of drug-likeness (QED) is 0.779. The number of hydrogen-bond donors (Lipinski definition) is 0. The van der Waals surface area contributed by atoms with Crippen molar-refractivity contribution in [3.05, 3.63) is 35.9 Å². The van der Waals surface area contributed by atoms with Crippen molar-refractivity contribution >= 4 is 21.8 Å². The molecule has 21 heavy (non-hydrogen) atoms. The van der Waals surface area contributed by atoms with Crippen molar-refractivity contribution < 1.29 is 4.79 Å². The molecule has 2 fully saturated rings. The second kappa shape index (κ2) is 6.93. The molecule has 0 radical (unpaired) electrons. The van der Waals surface area contributed by atoms with Gasteiger partial charge >= 0.3 is 0 Å². The summed E-state index contributed by atoms with van der Waals surface area (Å²) in [6, 6.07) is 11.1. The Kier molecular flexibility index (Phi) is 4.96. The van der Waals surface area contributed by atoms with Crippen LogP contribution in [-0.2, 0) is 11.3 Å². The van der Waals surface area contributed by atoms with E-state index < -0.39 is 0 Å². The fourth-order valence-electron chi connectivity index (χ4n) is 3.50. The van der Waals surface area contributed by atoms with Gasteiger partial charge in [0.2, 0.25) is 5.91 Å². The molecule has 2 aliphatic heterocycles. The van der Waals surface area contributed by atoms with Gasteiger partial charge in [-0.05, 0) is 24.3 Å². The van der Waals surface area contributed by atoms with Crippen LogP contribution in [0.4, 0.5) is 0 Å². The van der Waals surface area contributed by atoms with Crippen molar-refractivity contribution in [2.75, 3.05) is 25.0 Å². The summed E-state index contributed by atoms with van der Waals surface area (Å²) >= 11 is 3.51. The molecule has 0 bridgehead atoms. The largest absolute Gasteiger partial charge is 0.339 e. The summed E-state index contributed by atoms with van der Waals surface area (Å²) in [6.07, 6.45) is 2.97. The van der Waals surface area contributed by atoms with E-state index in [9.17, 15) is 4.79 Å². The average Bonchev–Trinajstić information content (AvgIpc) is 2.90. The van der Waals surface area contributed by atoms with Gasteiger partial charge in [-0.1, -0.05) is 46.3 Å². The van der Waals surface area contributed by atoms with Gasteiger partial charge < -0.3 is 4.90 Å². The lowest BCUT2D eigenvalue weighted by molar-refractivity contribution is -0.130. The average molecular weight is 351 g/mol. The first-order valence-corrected chi connectivity index (χ1v) is 9.00. The van der Waals surface area contributed by atoms with Gasteiger partial charge in [-0.25, -0.2) is 0 Å². The first kappa shape index (κ1) is 15.0. The predicted molar refractivity (Wildman–Crippen MR) is 88.4 cm³/mol. The van der Waals surface area contributed by atoms with E-state index in [2.05, 4.69) is 56.1 Å². The molecule has 2 saturated heterocycles. The molecule has 3 rings (SSSR count). The molecule has 3 nitrogen and oxygen atoms in total. The maximum Gasteiger partial charge on any atom is 0.223 e. The number of hydrogen-bond acceptors (Lipinski definition) is 2. The predicted octanol–water partition coefficient (Wildman–Crippen LogP) is 2.89. The highest BCUT2D eigenvalue weighted by Crippen LogP contribution is 2.26. The Balaban J connectivity index is 1.50. The first-order valence-electron chi connectivity index (χ1n) is 7.88. The van der Waals surface area contributed by atoms with E-state index in [4.69, 9.17) is 0 Å². The number of nitrogens with zero attached hydrogens (tertiary/aromatic N) is 2. The van der Waals surface area contributed by atoms with Crippen molar-refractivity contribution in [3.63, 3.8) is 0 Å². The maximum absolute atomic E-state index is 12.1. The third-order valence-corrected chi connectivity index (χ3v) is 5.62. The van der Waals surface area contributed by atoms with Crippen LogP contribution in [0.15, 0.2) is 30.3 Å². The fourth-order valence-corrected chi connectivity index (χ4v) is 3.93. The Labute approximate surface area is 135 Å². The Morgan fingerprint density at radius 2 is 1.86 bits per heavy atom. The molecule has 0 saturated carbocycles. The highest BCUT2D eigenvalue weighted by atomic mass is 79.9. The van der Waals surface area contributed by atoms with Crippen LogP contribution in [0, 0.1) is 5.92 Å². The van der Waals surface area contributed by atoms with E-state index >= 15 is 0 Å². The summed E-state index contributed by atoms with van der Waals surface area (Å²) in [5, 5.41) is 0.947. The maximum atomic E-state index is 12.1. The van der Waals surface area contributed by atoms with Gasteiger partial charge in [-0.3, -0.25) is 9.69 Å². The number of amides is 1. The van der Waals surface area contributed by atoms with Crippen molar-refractivity contribution in [2.45, 2.75) is 31.8 Å². The monoisotopic (exact) mass is 350 g/mol. The van der Waals surface area contributed by atoms with Crippen LogP contribution in [0.25, 0.3) is 0 Å². The Bertz CT molecular complexity index is 471. The molecule has 1 aromatic carbocycles. The van der Waals surface area contributed by atoms with E-state index in [1.807, 2.05) is 0 Å². The number of benzene rings is 1. The van der Waals surface area contributed by atoms with Crippen LogP contribution < -0.4 is 0 Å². The summed E-state index contributed by atoms with van der Waals surface area (Å²) in [5.74, 6) is 0.876. The molecular formula is C17H23BrN2O. The molecule has 1 amide bonds. The Morgan fingerprint density at radius 3 is 2.48 bits per heavy atom. The molecular weight excluding hydrogens is 328 g/mol. The summed E-state index contributed by atoms with van der Waals surface area (Å²) in [7, 11) is 0. The third kappa shape index (κ3) is 3.67.